The summed E-state index contributed by atoms with van der Waals surface area (Å²) < 4.78 is 68.5. The monoisotopic (exact) mass is 527 g/mol. The number of carbonyl (C=O) groups is 1. The fraction of sp³-hybridized carbons (Fsp3) is 0.241. The van der Waals surface area contributed by atoms with E-state index in [1.165, 1.54) is 35.4 Å². The largest absolute Gasteiger partial charge is 0.416 e. The van der Waals surface area contributed by atoms with Crippen molar-refractivity contribution in [2.75, 3.05) is 13.6 Å². The number of nitrogens with two attached hydrogens (primary N) is 1. The van der Waals surface area contributed by atoms with Crippen molar-refractivity contribution in [2.24, 2.45) is 5.73 Å². The van der Waals surface area contributed by atoms with E-state index < -0.39 is 29.3 Å². The number of pyridine rings is 1. The van der Waals surface area contributed by atoms with Crippen LogP contribution in [0.4, 0.5) is 22.0 Å². The van der Waals surface area contributed by atoms with Gasteiger partial charge in [-0.3, -0.25) is 9.78 Å². The molecule has 1 heterocycles. The van der Waals surface area contributed by atoms with Crippen molar-refractivity contribution in [1.82, 2.24) is 9.88 Å². The molecule has 0 radical (unpaired) electrons. The van der Waals surface area contributed by atoms with Gasteiger partial charge in [0.1, 0.15) is 11.6 Å². The number of halogens is 5. The van der Waals surface area contributed by atoms with E-state index in [9.17, 15) is 26.7 Å². The molecule has 1 amide bonds. The minimum absolute atomic E-state index is 0.00835. The summed E-state index contributed by atoms with van der Waals surface area (Å²) in [5.41, 5.74) is 7.20. The van der Waals surface area contributed by atoms with Crippen LogP contribution < -0.4 is 5.73 Å². The molecule has 0 aliphatic rings. The summed E-state index contributed by atoms with van der Waals surface area (Å²) in [5, 5.41) is 0.335. The van der Waals surface area contributed by atoms with Gasteiger partial charge in [-0.1, -0.05) is 19.1 Å². The minimum Gasteiger partial charge on any atom is -0.340 e. The Bertz CT molecular complexity index is 1500. The van der Waals surface area contributed by atoms with E-state index in [1.807, 2.05) is 6.92 Å². The molecule has 3 aromatic carbocycles. The van der Waals surface area contributed by atoms with E-state index in [0.29, 0.717) is 40.1 Å². The summed E-state index contributed by atoms with van der Waals surface area (Å²) in [7, 11) is 1.59. The van der Waals surface area contributed by atoms with Crippen LogP contribution in [-0.4, -0.2) is 35.4 Å². The number of hydrogen-bond acceptors (Lipinski definition) is 3. The van der Waals surface area contributed by atoms with Gasteiger partial charge in [0.05, 0.1) is 16.6 Å². The van der Waals surface area contributed by atoms with E-state index in [4.69, 9.17) is 5.73 Å². The molecule has 1 unspecified atom stereocenters. The van der Waals surface area contributed by atoms with Crippen molar-refractivity contribution < 1.29 is 26.7 Å². The normalized spacial score (nSPS) is 12.6. The zero-order valence-electron chi connectivity index (χ0n) is 21.0. The Balaban J connectivity index is 1.98. The number of likely N-dealkylation sites (N-methyl/N-ethyl adjacent to an activating group) is 1. The lowest BCUT2D eigenvalue weighted by molar-refractivity contribution is -0.137. The standard InChI is InChI=1S/C29H26F5N3O/c1-4-23(35)15-37(3)28(38)27-24-12-17(18-9-20(29(32,33)34)13-22(31)10-18)5-6-26(24)36-14-25(27)19-7-16(2)8-21(30)11-19/h5-14,23H,4,15,35H2,1-3H3. The van der Waals surface area contributed by atoms with Gasteiger partial charge in [0.25, 0.3) is 5.91 Å². The Hall–Kier alpha value is -3.85. The lowest BCUT2D eigenvalue weighted by Gasteiger charge is -2.23. The van der Waals surface area contributed by atoms with Gasteiger partial charge in [-0.2, -0.15) is 13.2 Å². The maximum Gasteiger partial charge on any atom is 0.416 e. The first-order chi connectivity index (χ1) is 17.9. The van der Waals surface area contributed by atoms with Crippen molar-refractivity contribution in [3.05, 3.63) is 89.1 Å². The van der Waals surface area contributed by atoms with E-state index in [1.54, 1.807) is 26.1 Å². The number of hydrogen-bond donors (Lipinski definition) is 1. The summed E-state index contributed by atoms with van der Waals surface area (Å²) >= 11 is 0. The predicted octanol–water partition coefficient (Wildman–Crippen LogP) is 6.98. The van der Waals surface area contributed by atoms with Gasteiger partial charge < -0.3 is 10.6 Å². The highest BCUT2D eigenvalue weighted by Crippen LogP contribution is 2.36. The summed E-state index contributed by atoms with van der Waals surface area (Å²) in [6, 6.07) is 10.9. The van der Waals surface area contributed by atoms with Gasteiger partial charge >= 0.3 is 6.18 Å². The molecule has 0 bridgehead atoms. The van der Waals surface area contributed by atoms with E-state index in [-0.39, 0.29) is 29.3 Å². The number of nitrogens with zero attached hydrogens (tertiary/aromatic N) is 2. The molecule has 38 heavy (non-hydrogen) atoms. The van der Waals surface area contributed by atoms with Crippen LogP contribution >= 0.6 is 0 Å². The number of amides is 1. The molecule has 9 heteroatoms. The topological polar surface area (TPSA) is 59.2 Å². The second-order valence-corrected chi connectivity index (χ2v) is 9.38. The summed E-state index contributed by atoms with van der Waals surface area (Å²) in [5.74, 6) is -1.94. The van der Waals surface area contributed by atoms with Crippen LogP contribution in [0.25, 0.3) is 33.2 Å². The van der Waals surface area contributed by atoms with Gasteiger partial charge in [-0.05, 0) is 78.1 Å². The average Bonchev–Trinajstić information content (AvgIpc) is 2.85. The molecule has 4 aromatic rings. The maximum atomic E-state index is 14.3. The van der Waals surface area contributed by atoms with E-state index in [0.717, 1.165) is 12.1 Å². The smallest absolute Gasteiger partial charge is 0.340 e. The highest BCUT2D eigenvalue weighted by molar-refractivity contribution is 6.12. The first kappa shape index (κ1) is 27.2. The van der Waals surface area contributed by atoms with Gasteiger partial charge in [0, 0.05) is 36.8 Å². The number of benzene rings is 3. The van der Waals surface area contributed by atoms with Crippen molar-refractivity contribution in [3.63, 3.8) is 0 Å². The lowest BCUT2D eigenvalue weighted by atomic mass is 9.93. The molecule has 198 valence electrons. The maximum absolute atomic E-state index is 14.3. The fourth-order valence-electron chi connectivity index (χ4n) is 4.39. The van der Waals surface area contributed by atoms with Gasteiger partial charge in [-0.15, -0.1) is 0 Å². The third-order valence-corrected chi connectivity index (χ3v) is 6.37. The van der Waals surface area contributed by atoms with Crippen LogP contribution in [0.2, 0.25) is 0 Å². The highest BCUT2D eigenvalue weighted by Gasteiger charge is 2.31. The first-order valence-corrected chi connectivity index (χ1v) is 12.0. The Kier molecular flexibility index (Phi) is 7.51. The number of rotatable bonds is 6. The zero-order valence-corrected chi connectivity index (χ0v) is 21.0. The molecule has 0 saturated carbocycles. The van der Waals surface area contributed by atoms with E-state index in [2.05, 4.69) is 4.98 Å². The Morgan fingerprint density at radius 3 is 2.32 bits per heavy atom. The van der Waals surface area contributed by atoms with Crippen LogP contribution in [0.5, 0.6) is 0 Å². The van der Waals surface area contributed by atoms with Crippen molar-refractivity contribution >= 4 is 16.8 Å². The van der Waals surface area contributed by atoms with Crippen LogP contribution in [-0.2, 0) is 6.18 Å². The molecular formula is C29H26F5N3O. The molecule has 0 spiro atoms. The molecule has 0 saturated heterocycles. The number of aromatic nitrogens is 1. The van der Waals surface area contributed by atoms with E-state index >= 15 is 0 Å². The molecule has 2 N–H and O–H groups in total. The molecule has 1 aromatic heterocycles. The van der Waals surface area contributed by atoms with Crippen molar-refractivity contribution in [1.29, 1.82) is 0 Å². The third kappa shape index (κ3) is 5.67. The van der Waals surface area contributed by atoms with Crippen molar-refractivity contribution in [3.8, 4) is 22.3 Å². The molecule has 0 aliphatic heterocycles. The number of fused-ring (bicyclic) bond motifs is 1. The first-order valence-electron chi connectivity index (χ1n) is 12.0. The Labute approximate surface area is 216 Å². The van der Waals surface area contributed by atoms with Gasteiger partial charge in [0.15, 0.2) is 0 Å². The number of alkyl halides is 3. The molecule has 4 rings (SSSR count). The summed E-state index contributed by atoms with van der Waals surface area (Å²) in [6.45, 7) is 3.86. The van der Waals surface area contributed by atoms with Gasteiger partial charge in [0.2, 0.25) is 0 Å². The van der Waals surface area contributed by atoms with Gasteiger partial charge in [-0.25, -0.2) is 8.78 Å². The lowest BCUT2D eigenvalue weighted by Crippen LogP contribution is -2.38. The Morgan fingerprint density at radius 1 is 0.974 bits per heavy atom. The number of aryl methyl sites for hydroxylation is 1. The molecule has 0 aliphatic carbocycles. The predicted molar refractivity (Wildman–Crippen MR) is 137 cm³/mol. The fourth-order valence-corrected chi connectivity index (χ4v) is 4.39. The summed E-state index contributed by atoms with van der Waals surface area (Å²) in [6.07, 6.45) is -2.63. The van der Waals surface area contributed by atoms with Crippen LogP contribution in [0.15, 0.2) is 60.8 Å². The van der Waals surface area contributed by atoms with Crippen LogP contribution in [0.1, 0.15) is 34.8 Å². The van der Waals surface area contributed by atoms with Crippen molar-refractivity contribution in [2.45, 2.75) is 32.5 Å². The summed E-state index contributed by atoms with van der Waals surface area (Å²) in [4.78, 5) is 19.7. The van der Waals surface area contributed by atoms with Crippen LogP contribution in [0.3, 0.4) is 0 Å². The molecular weight excluding hydrogens is 501 g/mol. The quantitative estimate of drug-likeness (QED) is 0.275. The number of carbonyl (C=O) groups excluding carboxylic acids is 1. The Morgan fingerprint density at radius 2 is 1.66 bits per heavy atom. The SMILES string of the molecule is CCC(N)CN(C)C(=O)c1c(-c2cc(C)cc(F)c2)cnc2ccc(-c3cc(F)cc(C(F)(F)F)c3)cc12. The molecule has 4 nitrogen and oxygen atoms in total. The molecule has 0 fully saturated rings. The van der Waals surface area contributed by atoms with Crippen LogP contribution in [0, 0.1) is 18.6 Å². The highest BCUT2D eigenvalue weighted by atomic mass is 19.4. The third-order valence-electron chi connectivity index (χ3n) is 6.37. The average molecular weight is 528 g/mol. The molecule has 1 atom stereocenters. The second-order valence-electron chi connectivity index (χ2n) is 9.38. The zero-order chi connectivity index (χ0) is 27.8. The minimum atomic E-state index is -4.74. The second kappa shape index (κ2) is 10.5.